The van der Waals surface area contributed by atoms with Crippen LogP contribution in [0.1, 0.15) is 19.4 Å². The Kier molecular flexibility index (Phi) is 5.82. The first-order valence-electron chi connectivity index (χ1n) is 4.99. The van der Waals surface area contributed by atoms with E-state index in [1.54, 1.807) is 12.1 Å². The number of halogens is 2. The van der Waals surface area contributed by atoms with Crippen LogP contribution in [0.2, 0.25) is 0 Å². The Bertz CT molecular complexity index is 364. The standard InChI is InChI=1S/C11H16FN3.ClH/c1-3-15(4-2)9-7-5-6-8(12)10(9)11(13)14;/h5-7H,3-4H2,1-2H3,(H3,13,14);1H. The summed E-state index contributed by atoms with van der Waals surface area (Å²) in [4.78, 5) is 1.97. The van der Waals surface area contributed by atoms with Crippen molar-refractivity contribution >= 4 is 23.9 Å². The highest BCUT2D eigenvalue weighted by Gasteiger charge is 2.14. The lowest BCUT2D eigenvalue weighted by atomic mass is 10.1. The van der Waals surface area contributed by atoms with E-state index in [9.17, 15) is 4.39 Å². The molecule has 0 bridgehead atoms. The summed E-state index contributed by atoms with van der Waals surface area (Å²) in [5, 5.41) is 7.37. The van der Waals surface area contributed by atoms with Crippen molar-refractivity contribution in [2.75, 3.05) is 18.0 Å². The summed E-state index contributed by atoms with van der Waals surface area (Å²) in [6.07, 6.45) is 0. The Hall–Kier alpha value is -1.29. The molecule has 0 saturated heterocycles. The lowest BCUT2D eigenvalue weighted by Crippen LogP contribution is -2.26. The van der Waals surface area contributed by atoms with Crippen LogP contribution >= 0.6 is 12.4 Å². The number of nitrogen functional groups attached to an aromatic ring is 1. The molecule has 0 fully saturated rings. The van der Waals surface area contributed by atoms with Crippen LogP contribution in [0.3, 0.4) is 0 Å². The average Bonchev–Trinajstić information content (AvgIpc) is 2.19. The maximum absolute atomic E-state index is 13.5. The second-order valence-corrected chi connectivity index (χ2v) is 3.22. The number of hydrogen-bond acceptors (Lipinski definition) is 2. The van der Waals surface area contributed by atoms with Crippen molar-refractivity contribution in [3.8, 4) is 0 Å². The molecule has 1 rings (SSSR count). The first kappa shape index (κ1) is 14.7. The lowest BCUT2D eigenvalue weighted by molar-refractivity contribution is 0.623. The van der Waals surface area contributed by atoms with Gasteiger partial charge in [0.2, 0.25) is 0 Å². The highest BCUT2D eigenvalue weighted by atomic mass is 35.5. The summed E-state index contributed by atoms with van der Waals surface area (Å²) in [5.74, 6) is -0.665. The summed E-state index contributed by atoms with van der Waals surface area (Å²) in [7, 11) is 0. The molecular formula is C11H17ClFN3. The zero-order valence-electron chi connectivity index (χ0n) is 9.46. The van der Waals surface area contributed by atoms with Crippen molar-refractivity contribution in [3.05, 3.63) is 29.6 Å². The quantitative estimate of drug-likeness (QED) is 0.632. The number of nitrogens with one attached hydrogen (secondary N) is 1. The second-order valence-electron chi connectivity index (χ2n) is 3.22. The number of amidine groups is 1. The van der Waals surface area contributed by atoms with Crippen LogP contribution in [0.4, 0.5) is 10.1 Å². The summed E-state index contributed by atoms with van der Waals surface area (Å²) in [6.45, 7) is 5.50. The van der Waals surface area contributed by atoms with Crippen molar-refractivity contribution in [2.24, 2.45) is 5.73 Å². The lowest BCUT2D eigenvalue weighted by Gasteiger charge is -2.23. The Balaban J connectivity index is 0.00000225. The van der Waals surface area contributed by atoms with Crippen LogP contribution in [0, 0.1) is 11.2 Å². The van der Waals surface area contributed by atoms with Gasteiger partial charge in [-0.2, -0.15) is 0 Å². The fourth-order valence-electron chi connectivity index (χ4n) is 1.61. The van der Waals surface area contributed by atoms with E-state index >= 15 is 0 Å². The molecule has 16 heavy (non-hydrogen) atoms. The summed E-state index contributed by atoms with van der Waals surface area (Å²) >= 11 is 0. The van der Waals surface area contributed by atoms with Crippen molar-refractivity contribution in [2.45, 2.75) is 13.8 Å². The summed E-state index contributed by atoms with van der Waals surface area (Å²) in [6, 6.07) is 4.74. The molecule has 3 nitrogen and oxygen atoms in total. The average molecular weight is 246 g/mol. The van der Waals surface area contributed by atoms with E-state index in [2.05, 4.69) is 0 Å². The van der Waals surface area contributed by atoms with Gasteiger partial charge < -0.3 is 10.6 Å². The van der Waals surface area contributed by atoms with Gasteiger partial charge in [0.15, 0.2) is 0 Å². The Morgan fingerprint density at radius 2 is 1.94 bits per heavy atom. The van der Waals surface area contributed by atoms with Crippen molar-refractivity contribution in [3.63, 3.8) is 0 Å². The van der Waals surface area contributed by atoms with E-state index in [1.165, 1.54) is 6.07 Å². The molecule has 90 valence electrons. The number of anilines is 1. The van der Waals surface area contributed by atoms with E-state index in [0.29, 0.717) is 5.69 Å². The van der Waals surface area contributed by atoms with Gasteiger partial charge in [0.05, 0.1) is 11.3 Å². The highest BCUT2D eigenvalue weighted by molar-refractivity contribution is 6.00. The summed E-state index contributed by atoms with van der Waals surface area (Å²) < 4.78 is 13.5. The minimum atomic E-state index is -0.438. The number of nitrogens with two attached hydrogens (primary N) is 1. The van der Waals surface area contributed by atoms with E-state index in [4.69, 9.17) is 11.1 Å². The van der Waals surface area contributed by atoms with Crippen molar-refractivity contribution in [1.29, 1.82) is 5.41 Å². The fourth-order valence-corrected chi connectivity index (χ4v) is 1.61. The van der Waals surface area contributed by atoms with Gasteiger partial charge in [-0.3, -0.25) is 5.41 Å². The number of benzene rings is 1. The van der Waals surface area contributed by atoms with Gasteiger partial charge in [0.1, 0.15) is 11.7 Å². The van der Waals surface area contributed by atoms with Gasteiger partial charge in [0, 0.05) is 13.1 Å². The van der Waals surface area contributed by atoms with Gasteiger partial charge in [-0.1, -0.05) is 6.07 Å². The Labute approximate surface area is 101 Å². The van der Waals surface area contributed by atoms with Gasteiger partial charge in [-0.25, -0.2) is 4.39 Å². The van der Waals surface area contributed by atoms with E-state index < -0.39 is 5.82 Å². The van der Waals surface area contributed by atoms with Gasteiger partial charge in [0.25, 0.3) is 0 Å². The third-order valence-electron chi connectivity index (χ3n) is 2.37. The Morgan fingerprint density at radius 1 is 1.38 bits per heavy atom. The smallest absolute Gasteiger partial charge is 0.136 e. The normalized spacial score (nSPS) is 9.44. The van der Waals surface area contributed by atoms with Gasteiger partial charge in [-0.15, -0.1) is 12.4 Å². The fraction of sp³-hybridized carbons (Fsp3) is 0.364. The maximum Gasteiger partial charge on any atom is 0.136 e. The molecule has 0 aliphatic heterocycles. The number of hydrogen-bond donors (Lipinski definition) is 2. The second kappa shape index (κ2) is 6.33. The first-order chi connectivity index (χ1) is 7.11. The molecule has 0 aliphatic rings. The molecule has 1 aromatic rings. The molecular weight excluding hydrogens is 229 g/mol. The molecule has 3 N–H and O–H groups in total. The predicted octanol–water partition coefficient (Wildman–Crippen LogP) is 2.38. The highest BCUT2D eigenvalue weighted by Crippen LogP contribution is 2.22. The Morgan fingerprint density at radius 3 is 2.38 bits per heavy atom. The van der Waals surface area contributed by atoms with E-state index in [1.807, 2.05) is 18.7 Å². The van der Waals surface area contributed by atoms with Crippen LogP contribution in [0.25, 0.3) is 0 Å². The zero-order valence-corrected chi connectivity index (χ0v) is 10.3. The third kappa shape index (κ3) is 2.85. The number of rotatable bonds is 4. The molecule has 0 atom stereocenters. The van der Waals surface area contributed by atoms with E-state index in [0.717, 1.165) is 13.1 Å². The van der Waals surface area contributed by atoms with Crippen LogP contribution in [-0.4, -0.2) is 18.9 Å². The van der Waals surface area contributed by atoms with Crippen LogP contribution < -0.4 is 10.6 Å². The van der Waals surface area contributed by atoms with Crippen LogP contribution in [0.15, 0.2) is 18.2 Å². The molecule has 0 amide bonds. The van der Waals surface area contributed by atoms with E-state index in [-0.39, 0.29) is 23.8 Å². The molecule has 0 saturated carbocycles. The summed E-state index contributed by atoms with van der Waals surface area (Å²) in [5.41, 5.74) is 6.26. The third-order valence-corrected chi connectivity index (χ3v) is 2.37. The maximum atomic E-state index is 13.5. The molecule has 0 heterocycles. The van der Waals surface area contributed by atoms with Gasteiger partial charge >= 0.3 is 0 Å². The SMILES string of the molecule is CCN(CC)c1cccc(F)c1C(=N)N.Cl. The predicted molar refractivity (Wildman–Crippen MR) is 68.2 cm³/mol. The largest absolute Gasteiger partial charge is 0.384 e. The van der Waals surface area contributed by atoms with Crippen LogP contribution in [0.5, 0.6) is 0 Å². The zero-order chi connectivity index (χ0) is 11.4. The molecule has 1 aromatic carbocycles. The monoisotopic (exact) mass is 245 g/mol. The van der Waals surface area contributed by atoms with Crippen LogP contribution in [-0.2, 0) is 0 Å². The molecule has 0 unspecified atom stereocenters. The minimum absolute atomic E-state index is 0. The molecule has 0 aliphatic carbocycles. The molecule has 0 aromatic heterocycles. The minimum Gasteiger partial charge on any atom is -0.384 e. The molecule has 0 radical (unpaired) electrons. The first-order valence-corrected chi connectivity index (χ1v) is 4.99. The van der Waals surface area contributed by atoms with Crippen molar-refractivity contribution in [1.82, 2.24) is 0 Å². The molecule has 0 spiro atoms. The van der Waals surface area contributed by atoms with Crippen molar-refractivity contribution < 1.29 is 4.39 Å². The molecule has 5 heteroatoms. The van der Waals surface area contributed by atoms with Gasteiger partial charge in [-0.05, 0) is 26.0 Å². The number of nitrogens with zero attached hydrogens (tertiary/aromatic N) is 1. The topological polar surface area (TPSA) is 53.1 Å².